The molecule has 3 rings (SSSR count). The summed E-state index contributed by atoms with van der Waals surface area (Å²) in [5.74, 6) is 0.358. The lowest BCUT2D eigenvalue weighted by atomic mass is 10.1. The van der Waals surface area contributed by atoms with Gasteiger partial charge in [-0.3, -0.25) is 4.79 Å². The summed E-state index contributed by atoms with van der Waals surface area (Å²) in [6.45, 7) is 2.40. The van der Waals surface area contributed by atoms with Crippen molar-refractivity contribution in [1.29, 1.82) is 0 Å². The van der Waals surface area contributed by atoms with Gasteiger partial charge in [-0.15, -0.1) is 0 Å². The lowest BCUT2D eigenvalue weighted by molar-refractivity contribution is 0.0933. The van der Waals surface area contributed by atoms with E-state index in [9.17, 15) is 13.2 Å². The van der Waals surface area contributed by atoms with Gasteiger partial charge in [0.15, 0.2) is 0 Å². The van der Waals surface area contributed by atoms with Crippen LogP contribution in [0.5, 0.6) is 0 Å². The maximum absolute atomic E-state index is 12.7. The number of hydrogen-bond acceptors (Lipinski definition) is 5. The molecule has 0 bridgehead atoms. The lowest BCUT2D eigenvalue weighted by Crippen LogP contribution is -2.29. The molecule has 0 aliphatic carbocycles. The fraction of sp³-hybridized carbons (Fsp3) is 0.273. The fourth-order valence-electron chi connectivity index (χ4n) is 3.03. The quantitative estimate of drug-likeness (QED) is 0.418. The number of sulfonamides is 1. The molecule has 0 aliphatic heterocycles. The Morgan fingerprint density at radius 2 is 1.84 bits per heavy atom. The molecule has 0 saturated heterocycles. The topological polar surface area (TPSA) is 113 Å². The maximum atomic E-state index is 12.7. The SMILES string of the molecule is CCC(NC(=O)c1ccc(S(=O)(=O)NCCOC)cc1)c1ncc(-c2ccccc2)[nH]1. The minimum atomic E-state index is -3.65. The van der Waals surface area contributed by atoms with Gasteiger partial charge in [0.25, 0.3) is 5.91 Å². The van der Waals surface area contributed by atoms with Gasteiger partial charge in [-0.25, -0.2) is 18.1 Å². The highest BCUT2D eigenvalue weighted by molar-refractivity contribution is 7.89. The summed E-state index contributed by atoms with van der Waals surface area (Å²) in [7, 11) is -2.15. The molecule has 1 unspecified atom stereocenters. The summed E-state index contributed by atoms with van der Waals surface area (Å²) in [4.78, 5) is 20.5. The monoisotopic (exact) mass is 442 g/mol. The van der Waals surface area contributed by atoms with Crippen molar-refractivity contribution < 1.29 is 17.9 Å². The zero-order chi connectivity index (χ0) is 22.3. The van der Waals surface area contributed by atoms with Gasteiger partial charge in [0, 0.05) is 19.2 Å². The zero-order valence-electron chi connectivity index (χ0n) is 17.5. The Hall–Kier alpha value is -3.01. The molecule has 0 fully saturated rings. The van der Waals surface area contributed by atoms with Gasteiger partial charge in [0.2, 0.25) is 10.0 Å². The van der Waals surface area contributed by atoms with Crippen molar-refractivity contribution in [3.63, 3.8) is 0 Å². The predicted octanol–water partition coefficient (Wildman–Crippen LogP) is 2.88. The van der Waals surface area contributed by atoms with Gasteiger partial charge < -0.3 is 15.0 Å². The molecular formula is C22H26N4O4S. The summed E-state index contributed by atoms with van der Waals surface area (Å²) in [6, 6.07) is 15.3. The molecular weight excluding hydrogens is 416 g/mol. The molecule has 1 amide bonds. The number of nitrogens with zero attached hydrogens (tertiary/aromatic N) is 1. The Morgan fingerprint density at radius 3 is 2.48 bits per heavy atom. The van der Waals surface area contributed by atoms with Crippen molar-refractivity contribution in [3.8, 4) is 11.3 Å². The Bertz CT molecular complexity index is 1100. The van der Waals surface area contributed by atoms with Crippen LogP contribution in [-0.4, -0.2) is 44.6 Å². The second-order valence-electron chi connectivity index (χ2n) is 6.90. The van der Waals surface area contributed by atoms with Crippen LogP contribution in [0.2, 0.25) is 0 Å². The number of carbonyl (C=O) groups excluding carboxylic acids is 1. The van der Waals surface area contributed by atoms with Gasteiger partial charge in [0.1, 0.15) is 5.82 Å². The molecule has 2 aromatic carbocycles. The van der Waals surface area contributed by atoms with Crippen molar-refractivity contribution in [2.24, 2.45) is 0 Å². The highest BCUT2D eigenvalue weighted by Crippen LogP contribution is 2.21. The molecule has 1 aromatic heterocycles. The van der Waals surface area contributed by atoms with E-state index in [0.29, 0.717) is 17.8 Å². The van der Waals surface area contributed by atoms with Crippen LogP contribution in [0.4, 0.5) is 0 Å². The first-order chi connectivity index (χ1) is 14.9. The highest BCUT2D eigenvalue weighted by atomic mass is 32.2. The van der Waals surface area contributed by atoms with Crippen molar-refractivity contribution in [3.05, 3.63) is 72.2 Å². The first kappa shape index (κ1) is 22.7. The van der Waals surface area contributed by atoms with Crippen LogP contribution in [-0.2, 0) is 14.8 Å². The predicted molar refractivity (Wildman–Crippen MR) is 118 cm³/mol. The molecule has 31 heavy (non-hydrogen) atoms. The van der Waals surface area contributed by atoms with E-state index in [1.54, 1.807) is 6.20 Å². The van der Waals surface area contributed by atoms with E-state index < -0.39 is 10.0 Å². The number of aromatic amines is 1. The van der Waals surface area contributed by atoms with E-state index in [4.69, 9.17) is 4.74 Å². The van der Waals surface area contributed by atoms with E-state index in [-0.39, 0.29) is 30.0 Å². The Morgan fingerprint density at radius 1 is 1.13 bits per heavy atom. The number of methoxy groups -OCH3 is 1. The summed E-state index contributed by atoms with van der Waals surface area (Å²) in [5, 5.41) is 2.95. The number of rotatable bonds is 10. The third-order valence-electron chi connectivity index (χ3n) is 4.75. The summed E-state index contributed by atoms with van der Waals surface area (Å²) in [5.41, 5.74) is 2.25. The molecule has 0 spiro atoms. The highest BCUT2D eigenvalue weighted by Gasteiger charge is 2.19. The van der Waals surface area contributed by atoms with Crippen molar-refractivity contribution >= 4 is 15.9 Å². The lowest BCUT2D eigenvalue weighted by Gasteiger charge is -2.15. The Kier molecular flexibility index (Phi) is 7.56. The standard InChI is InChI=1S/C22H26N4O4S/c1-3-19(21-23-15-20(25-21)16-7-5-4-6-8-16)26-22(27)17-9-11-18(12-10-17)31(28,29)24-13-14-30-2/h4-12,15,19,24H,3,13-14H2,1-2H3,(H,23,25)(H,26,27). The number of benzene rings is 2. The molecule has 1 atom stereocenters. The van der Waals surface area contributed by atoms with Gasteiger partial charge in [-0.2, -0.15) is 0 Å². The van der Waals surface area contributed by atoms with Crippen LogP contribution in [0.3, 0.4) is 0 Å². The van der Waals surface area contributed by atoms with E-state index in [1.165, 1.54) is 31.4 Å². The maximum Gasteiger partial charge on any atom is 0.251 e. The molecule has 1 heterocycles. The van der Waals surface area contributed by atoms with Crippen LogP contribution < -0.4 is 10.0 Å². The molecule has 0 aliphatic rings. The van der Waals surface area contributed by atoms with Crippen molar-refractivity contribution in [2.75, 3.05) is 20.3 Å². The number of nitrogens with one attached hydrogen (secondary N) is 3. The molecule has 164 valence electrons. The number of amides is 1. The summed E-state index contributed by atoms with van der Waals surface area (Å²) < 4.78 is 31.8. The largest absolute Gasteiger partial charge is 0.383 e. The molecule has 3 N–H and O–H groups in total. The molecule has 3 aromatic rings. The van der Waals surface area contributed by atoms with E-state index in [2.05, 4.69) is 20.0 Å². The summed E-state index contributed by atoms with van der Waals surface area (Å²) in [6.07, 6.45) is 2.39. The van der Waals surface area contributed by atoms with E-state index in [0.717, 1.165) is 11.3 Å². The number of ether oxygens (including phenoxy) is 1. The van der Waals surface area contributed by atoms with Crippen LogP contribution in [0.25, 0.3) is 11.3 Å². The third-order valence-corrected chi connectivity index (χ3v) is 6.23. The molecule has 9 heteroatoms. The number of carbonyl (C=O) groups is 1. The average molecular weight is 443 g/mol. The second-order valence-corrected chi connectivity index (χ2v) is 8.66. The van der Waals surface area contributed by atoms with Gasteiger partial charge in [-0.1, -0.05) is 37.3 Å². The number of H-pyrrole nitrogens is 1. The molecule has 0 saturated carbocycles. The van der Waals surface area contributed by atoms with Crippen LogP contribution >= 0.6 is 0 Å². The van der Waals surface area contributed by atoms with Crippen molar-refractivity contribution in [2.45, 2.75) is 24.3 Å². The Balaban J connectivity index is 1.68. The average Bonchev–Trinajstić information content (AvgIpc) is 3.28. The third kappa shape index (κ3) is 5.78. The van der Waals surface area contributed by atoms with E-state index in [1.807, 2.05) is 37.3 Å². The number of imidazole rings is 1. The first-order valence-corrected chi connectivity index (χ1v) is 11.4. The van der Waals surface area contributed by atoms with Gasteiger partial charge in [-0.05, 0) is 36.2 Å². The van der Waals surface area contributed by atoms with Crippen molar-refractivity contribution in [1.82, 2.24) is 20.0 Å². The van der Waals surface area contributed by atoms with Crippen LogP contribution in [0.1, 0.15) is 35.6 Å². The minimum absolute atomic E-state index is 0.0886. The van der Waals surface area contributed by atoms with E-state index >= 15 is 0 Å². The van der Waals surface area contributed by atoms with Crippen LogP contribution in [0.15, 0.2) is 65.7 Å². The molecule has 0 radical (unpaired) electrons. The Labute approximate surface area is 182 Å². The van der Waals surface area contributed by atoms with Crippen LogP contribution in [0, 0.1) is 0 Å². The van der Waals surface area contributed by atoms with Gasteiger partial charge >= 0.3 is 0 Å². The van der Waals surface area contributed by atoms with Gasteiger partial charge in [0.05, 0.1) is 29.4 Å². The number of hydrogen-bond donors (Lipinski definition) is 3. The molecule has 8 nitrogen and oxygen atoms in total. The minimum Gasteiger partial charge on any atom is -0.383 e. The zero-order valence-corrected chi connectivity index (χ0v) is 18.3. The normalized spacial score (nSPS) is 12.5. The summed E-state index contributed by atoms with van der Waals surface area (Å²) >= 11 is 0. The second kappa shape index (κ2) is 10.3. The first-order valence-electron chi connectivity index (χ1n) is 9.94. The fourth-order valence-corrected chi connectivity index (χ4v) is 4.04. The number of aromatic nitrogens is 2. The smallest absolute Gasteiger partial charge is 0.251 e.